The van der Waals surface area contributed by atoms with E-state index in [0.717, 1.165) is 6.42 Å². The quantitative estimate of drug-likeness (QED) is 0.776. The molecular formula is C13H16O3. The number of Topliss-reactive ketones (excluding diaryl/α,β-unsaturated/α-hetero) is 1. The monoisotopic (exact) mass is 220 g/mol. The predicted molar refractivity (Wildman–Crippen MR) is 61.7 cm³/mol. The lowest BCUT2D eigenvalue weighted by atomic mass is 9.97. The first-order chi connectivity index (χ1) is 7.56. The van der Waals surface area contributed by atoms with E-state index in [1.165, 1.54) is 0 Å². The van der Waals surface area contributed by atoms with Gasteiger partial charge in [0.1, 0.15) is 0 Å². The average molecular weight is 220 g/mol. The second-order valence-electron chi connectivity index (χ2n) is 3.86. The molecule has 0 saturated heterocycles. The van der Waals surface area contributed by atoms with Gasteiger partial charge in [0.2, 0.25) is 0 Å². The zero-order valence-corrected chi connectivity index (χ0v) is 9.56. The predicted octanol–water partition coefficient (Wildman–Crippen LogP) is 2.86. The number of ketones is 1. The Morgan fingerprint density at radius 2 is 2.06 bits per heavy atom. The zero-order chi connectivity index (χ0) is 12.1. The van der Waals surface area contributed by atoms with E-state index in [0.29, 0.717) is 17.5 Å². The molecule has 1 aromatic rings. The van der Waals surface area contributed by atoms with Gasteiger partial charge in [-0.15, -0.1) is 0 Å². The molecule has 0 fully saturated rings. The van der Waals surface area contributed by atoms with Gasteiger partial charge in [0.15, 0.2) is 5.78 Å². The summed E-state index contributed by atoms with van der Waals surface area (Å²) >= 11 is 0. The Hall–Kier alpha value is -1.64. The minimum absolute atomic E-state index is 0.0712. The number of carbonyl (C=O) groups is 2. The van der Waals surface area contributed by atoms with Crippen LogP contribution in [0.15, 0.2) is 24.3 Å². The SMILES string of the molecule is CCCC(=O)c1cccc(C(C)C(=O)O)c1. The van der Waals surface area contributed by atoms with Gasteiger partial charge in [0.05, 0.1) is 5.92 Å². The Morgan fingerprint density at radius 1 is 1.38 bits per heavy atom. The van der Waals surface area contributed by atoms with Gasteiger partial charge in [-0.1, -0.05) is 25.1 Å². The Bertz CT molecular complexity index is 396. The average Bonchev–Trinajstić information content (AvgIpc) is 2.28. The van der Waals surface area contributed by atoms with Gasteiger partial charge in [-0.3, -0.25) is 9.59 Å². The van der Waals surface area contributed by atoms with Crippen molar-refractivity contribution in [1.82, 2.24) is 0 Å². The van der Waals surface area contributed by atoms with Crippen molar-refractivity contribution in [2.45, 2.75) is 32.6 Å². The molecule has 0 aliphatic heterocycles. The van der Waals surface area contributed by atoms with E-state index in [2.05, 4.69) is 0 Å². The van der Waals surface area contributed by atoms with Crippen molar-refractivity contribution in [2.24, 2.45) is 0 Å². The Kier molecular flexibility index (Phi) is 4.23. The molecule has 0 saturated carbocycles. The molecule has 0 radical (unpaired) electrons. The van der Waals surface area contributed by atoms with Crippen molar-refractivity contribution < 1.29 is 14.7 Å². The minimum Gasteiger partial charge on any atom is -0.481 e. The lowest BCUT2D eigenvalue weighted by Crippen LogP contribution is -2.08. The molecule has 0 aromatic heterocycles. The molecule has 86 valence electrons. The molecule has 0 bridgehead atoms. The van der Waals surface area contributed by atoms with Crippen LogP contribution in [0, 0.1) is 0 Å². The highest BCUT2D eigenvalue weighted by Crippen LogP contribution is 2.17. The number of hydrogen-bond donors (Lipinski definition) is 1. The number of benzene rings is 1. The second-order valence-corrected chi connectivity index (χ2v) is 3.86. The lowest BCUT2D eigenvalue weighted by molar-refractivity contribution is -0.138. The molecule has 1 rings (SSSR count). The van der Waals surface area contributed by atoms with Crippen LogP contribution in [0.4, 0.5) is 0 Å². The highest BCUT2D eigenvalue weighted by molar-refractivity contribution is 5.96. The molecule has 0 spiro atoms. The third-order valence-electron chi connectivity index (χ3n) is 2.56. The first kappa shape index (κ1) is 12.4. The number of rotatable bonds is 5. The molecule has 1 N–H and O–H groups in total. The summed E-state index contributed by atoms with van der Waals surface area (Å²) in [7, 11) is 0. The van der Waals surface area contributed by atoms with E-state index < -0.39 is 11.9 Å². The minimum atomic E-state index is -0.875. The number of hydrogen-bond acceptors (Lipinski definition) is 2. The van der Waals surface area contributed by atoms with Crippen LogP contribution in [0.25, 0.3) is 0 Å². The molecule has 0 heterocycles. The molecule has 16 heavy (non-hydrogen) atoms. The van der Waals surface area contributed by atoms with Gasteiger partial charge >= 0.3 is 5.97 Å². The fraction of sp³-hybridized carbons (Fsp3) is 0.385. The molecule has 3 nitrogen and oxygen atoms in total. The number of carboxylic acid groups (broad SMARTS) is 1. The van der Waals surface area contributed by atoms with Crippen molar-refractivity contribution in [3.05, 3.63) is 35.4 Å². The van der Waals surface area contributed by atoms with Gasteiger partial charge in [0.25, 0.3) is 0 Å². The van der Waals surface area contributed by atoms with E-state index in [4.69, 9.17) is 5.11 Å². The number of aliphatic carboxylic acids is 1. The summed E-state index contributed by atoms with van der Waals surface area (Å²) in [5.74, 6) is -1.38. The summed E-state index contributed by atoms with van der Waals surface area (Å²) in [6, 6.07) is 6.88. The summed E-state index contributed by atoms with van der Waals surface area (Å²) in [6.07, 6.45) is 1.31. The maximum Gasteiger partial charge on any atom is 0.310 e. The van der Waals surface area contributed by atoms with Gasteiger partial charge < -0.3 is 5.11 Å². The Morgan fingerprint density at radius 3 is 2.62 bits per heavy atom. The van der Waals surface area contributed by atoms with Crippen molar-refractivity contribution in [2.75, 3.05) is 0 Å². The third kappa shape index (κ3) is 2.92. The standard InChI is InChI=1S/C13H16O3/c1-3-5-12(14)11-7-4-6-10(8-11)9(2)13(15)16/h4,6-9H,3,5H2,1-2H3,(H,15,16). The molecule has 3 heteroatoms. The van der Waals surface area contributed by atoms with Crippen LogP contribution in [0.2, 0.25) is 0 Å². The fourth-order valence-electron chi connectivity index (χ4n) is 1.50. The number of carboxylic acids is 1. The lowest BCUT2D eigenvalue weighted by Gasteiger charge is -2.08. The van der Waals surface area contributed by atoms with Crippen LogP contribution in [0.3, 0.4) is 0 Å². The van der Waals surface area contributed by atoms with Gasteiger partial charge in [-0.25, -0.2) is 0 Å². The van der Waals surface area contributed by atoms with E-state index in [9.17, 15) is 9.59 Å². The summed E-state index contributed by atoms with van der Waals surface area (Å²) in [6.45, 7) is 3.56. The third-order valence-corrected chi connectivity index (χ3v) is 2.56. The molecule has 1 aromatic carbocycles. The molecule has 0 aliphatic carbocycles. The normalized spacial score (nSPS) is 12.1. The maximum absolute atomic E-state index is 11.6. The number of carbonyl (C=O) groups excluding carboxylic acids is 1. The van der Waals surface area contributed by atoms with Crippen LogP contribution in [0.1, 0.15) is 48.5 Å². The van der Waals surface area contributed by atoms with E-state index >= 15 is 0 Å². The molecule has 1 unspecified atom stereocenters. The van der Waals surface area contributed by atoms with Gasteiger partial charge in [0, 0.05) is 12.0 Å². The molecular weight excluding hydrogens is 204 g/mol. The fourth-order valence-corrected chi connectivity index (χ4v) is 1.50. The van der Waals surface area contributed by atoms with E-state index in [1.807, 2.05) is 6.92 Å². The first-order valence-corrected chi connectivity index (χ1v) is 5.42. The highest BCUT2D eigenvalue weighted by atomic mass is 16.4. The molecule has 0 amide bonds. The topological polar surface area (TPSA) is 54.4 Å². The summed E-state index contributed by atoms with van der Waals surface area (Å²) in [4.78, 5) is 22.5. The van der Waals surface area contributed by atoms with Crippen molar-refractivity contribution >= 4 is 11.8 Å². The Labute approximate surface area is 95.1 Å². The van der Waals surface area contributed by atoms with E-state index in [-0.39, 0.29) is 5.78 Å². The van der Waals surface area contributed by atoms with Crippen LogP contribution in [-0.4, -0.2) is 16.9 Å². The summed E-state index contributed by atoms with van der Waals surface area (Å²) < 4.78 is 0. The smallest absolute Gasteiger partial charge is 0.310 e. The van der Waals surface area contributed by atoms with Crippen molar-refractivity contribution in [3.8, 4) is 0 Å². The maximum atomic E-state index is 11.6. The van der Waals surface area contributed by atoms with Gasteiger partial charge in [-0.05, 0) is 25.0 Å². The van der Waals surface area contributed by atoms with Gasteiger partial charge in [-0.2, -0.15) is 0 Å². The van der Waals surface area contributed by atoms with Crippen LogP contribution in [-0.2, 0) is 4.79 Å². The summed E-state index contributed by atoms with van der Waals surface area (Å²) in [5, 5.41) is 8.88. The van der Waals surface area contributed by atoms with Crippen LogP contribution >= 0.6 is 0 Å². The first-order valence-electron chi connectivity index (χ1n) is 5.42. The van der Waals surface area contributed by atoms with Crippen molar-refractivity contribution in [1.29, 1.82) is 0 Å². The Balaban J connectivity index is 2.95. The van der Waals surface area contributed by atoms with Crippen molar-refractivity contribution in [3.63, 3.8) is 0 Å². The molecule has 0 aliphatic rings. The zero-order valence-electron chi connectivity index (χ0n) is 9.56. The van der Waals surface area contributed by atoms with E-state index in [1.54, 1.807) is 31.2 Å². The van der Waals surface area contributed by atoms with Crippen LogP contribution in [0.5, 0.6) is 0 Å². The van der Waals surface area contributed by atoms with Crippen LogP contribution < -0.4 is 0 Å². The summed E-state index contributed by atoms with van der Waals surface area (Å²) in [5.41, 5.74) is 1.28. The second kappa shape index (κ2) is 5.45. The highest BCUT2D eigenvalue weighted by Gasteiger charge is 2.14. The largest absolute Gasteiger partial charge is 0.481 e. The molecule has 1 atom stereocenters.